The van der Waals surface area contributed by atoms with E-state index < -0.39 is 0 Å². The van der Waals surface area contributed by atoms with Crippen molar-refractivity contribution in [1.82, 2.24) is 16.0 Å². The first kappa shape index (κ1) is 51.3. The van der Waals surface area contributed by atoms with E-state index in [4.69, 9.17) is 18.9 Å². The van der Waals surface area contributed by atoms with Crippen LogP contribution in [0.2, 0.25) is 0 Å². The minimum atomic E-state index is -0.366. The van der Waals surface area contributed by atoms with Crippen molar-refractivity contribution in [3.63, 3.8) is 0 Å². The Morgan fingerprint density at radius 3 is 1.52 bits per heavy atom. The smallest absolute Gasteiger partial charge is 0.119 e. The lowest BCUT2D eigenvalue weighted by Gasteiger charge is -2.54. The van der Waals surface area contributed by atoms with Crippen LogP contribution < -0.4 is 30.2 Å². The Morgan fingerprint density at radius 2 is 0.985 bits per heavy atom. The Bertz CT molecular complexity index is 2050. The fourth-order valence-electron chi connectivity index (χ4n) is 9.29. The van der Waals surface area contributed by atoms with Crippen molar-refractivity contribution in [2.24, 2.45) is 11.8 Å². The molecule has 0 heterocycles. The highest BCUT2D eigenvalue weighted by molar-refractivity contribution is 5.48. The molecule has 0 amide bonds. The van der Waals surface area contributed by atoms with E-state index >= 15 is 0 Å². The van der Waals surface area contributed by atoms with Gasteiger partial charge in [0.05, 0.1) is 6.10 Å². The van der Waals surface area contributed by atoms with Crippen LogP contribution in [-0.2, 0) is 28.7 Å². The largest absolute Gasteiger partial charge is 0.492 e. The summed E-state index contributed by atoms with van der Waals surface area (Å²) in [5.74, 6) is 3.79. The highest BCUT2D eigenvalue weighted by atomic mass is 16.5. The topological polar surface area (TPSA) is 73.0 Å². The zero-order chi connectivity index (χ0) is 46.3. The molecule has 5 aromatic carbocycles. The summed E-state index contributed by atoms with van der Waals surface area (Å²) in [6.45, 7) is 25.9. The zero-order valence-electron chi connectivity index (χ0n) is 41.0. The second kappa shape index (κ2) is 27.1. The second-order valence-corrected chi connectivity index (χ2v) is 19.2. The summed E-state index contributed by atoms with van der Waals surface area (Å²) >= 11 is 0. The van der Waals surface area contributed by atoms with Gasteiger partial charge in [-0.1, -0.05) is 145 Å². The molecule has 0 saturated heterocycles. The molecule has 5 rings (SSSR count). The first-order chi connectivity index (χ1) is 31.5. The summed E-state index contributed by atoms with van der Waals surface area (Å²) in [5, 5.41) is 10.7. The molecule has 7 nitrogen and oxygen atoms in total. The van der Waals surface area contributed by atoms with Crippen molar-refractivity contribution in [1.29, 1.82) is 0 Å². The molecule has 0 bridgehead atoms. The molecule has 0 aliphatic rings. The first-order valence-electron chi connectivity index (χ1n) is 24.5. The average Bonchev–Trinajstić information content (AvgIpc) is 3.30. The van der Waals surface area contributed by atoms with Gasteiger partial charge in [-0.3, -0.25) is 0 Å². The minimum absolute atomic E-state index is 0.151. The van der Waals surface area contributed by atoms with E-state index in [1.165, 1.54) is 27.8 Å². The van der Waals surface area contributed by atoms with E-state index in [1.807, 2.05) is 0 Å². The molecule has 5 aromatic rings. The van der Waals surface area contributed by atoms with Gasteiger partial charge in [-0.25, -0.2) is 0 Å². The van der Waals surface area contributed by atoms with Crippen LogP contribution in [0.25, 0.3) is 0 Å². The Hall–Kier alpha value is -4.66. The number of rotatable bonds is 31. The average molecular weight is 884 g/mol. The fraction of sp³-hybridized carbons (Fsp3) is 0.483. The summed E-state index contributed by atoms with van der Waals surface area (Å²) < 4.78 is 25.3. The Kier molecular flexibility index (Phi) is 21.4. The van der Waals surface area contributed by atoms with Gasteiger partial charge in [0.15, 0.2) is 0 Å². The van der Waals surface area contributed by atoms with Gasteiger partial charge in [0, 0.05) is 50.2 Å². The summed E-state index contributed by atoms with van der Waals surface area (Å²) in [7, 11) is 0. The molecule has 0 radical (unpaired) electrons. The monoisotopic (exact) mass is 884 g/mol. The van der Waals surface area contributed by atoms with Crippen molar-refractivity contribution in [3.05, 3.63) is 161 Å². The number of hydrogen-bond donors (Lipinski definition) is 3. The lowest BCUT2D eigenvalue weighted by Crippen LogP contribution is -2.51. The van der Waals surface area contributed by atoms with Crippen LogP contribution in [0.5, 0.6) is 17.2 Å². The predicted molar refractivity (Wildman–Crippen MR) is 272 cm³/mol. The Labute approximate surface area is 393 Å². The van der Waals surface area contributed by atoms with Crippen LogP contribution in [0.1, 0.15) is 115 Å². The van der Waals surface area contributed by atoms with Crippen molar-refractivity contribution in [3.8, 4) is 17.2 Å². The lowest BCUT2D eigenvalue weighted by atomic mass is 9.49. The molecule has 352 valence electrons. The second-order valence-electron chi connectivity index (χ2n) is 19.2. The summed E-state index contributed by atoms with van der Waals surface area (Å²) in [6, 6.07) is 48.0. The third kappa shape index (κ3) is 16.3. The van der Waals surface area contributed by atoms with Crippen molar-refractivity contribution < 1.29 is 18.9 Å². The molecule has 3 N–H and O–H groups in total. The highest BCUT2D eigenvalue weighted by Gasteiger charge is 2.53. The maximum Gasteiger partial charge on any atom is 0.119 e. The Balaban J connectivity index is 1.48. The molecule has 0 saturated carbocycles. The molecular formula is C58H81N3O4. The van der Waals surface area contributed by atoms with E-state index in [0.717, 1.165) is 88.8 Å². The normalized spacial score (nSPS) is 13.3. The van der Waals surface area contributed by atoms with E-state index in [-0.39, 0.29) is 22.9 Å². The van der Waals surface area contributed by atoms with Crippen molar-refractivity contribution >= 4 is 0 Å². The molecule has 0 aliphatic heterocycles. The van der Waals surface area contributed by atoms with Crippen LogP contribution in [0, 0.1) is 11.8 Å². The van der Waals surface area contributed by atoms with Crippen LogP contribution in [0.15, 0.2) is 133 Å². The molecule has 0 aromatic heterocycles. The van der Waals surface area contributed by atoms with Crippen molar-refractivity contribution in [2.45, 2.75) is 117 Å². The minimum Gasteiger partial charge on any atom is -0.492 e. The van der Waals surface area contributed by atoms with Gasteiger partial charge in [-0.15, -0.1) is 0 Å². The van der Waals surface area contributed by atoms with Gasteiger partial charge in [-0.05, 0) is 122 Å². The molecule has 2 unspecified atom stereocenters. The lowest BCUT2D eigenvalue weighted by molar-refractivity contribution is 0.0770. The quantitative estimate of drug-likeness (QED) is 0.0383. The predicted octanol–water partition coefficient (Wildman–Crippen LogP) is 12.3. The molecule has 65 heavy (non-hydrogen) atoms. The maximum absolute atomic E-state index is 6.59. The summed E-state index contributed by atoms with van der Waals surface area (Å²) in [6.07, 6.45) is 4.33. The number of benzene rings is 5. The number of ether oxygens (including phenoxy) is 4. The third-order valence-electron chi connectivity index (χ3n) is 12.6. The van der Waals surface area contributed by atoms with E-state index in [0.29, 0.717) is 31.7 Å². The molecule has 0 spiro atoms. The van der Waals surface area contributed by atoms with Gasteiger partial charge < -0.3 is 34.9 Å². The SMILES string of the molecule is CC(C)CCC(c1cccc(OCCNCc2ccccc2)c1)C(CC(C)C)(c1cccc(OCCNCc2ccccc2)c1)C(C)(C)c1cccc(OCCNCCCOC(C)C)c1. The molecular weight excluding hydrogens is 803 g/mol. The number of nitrogens with one attached hydrogen (secondary N) is 3. The zero-order valence-corrected chi connectivity index (χ0v) is 41.0. The van der Waals surface area contributed by atoms with E-state index in [1.54, 1.807) is 0 Å². The molecule has 0 aliphatic carbocycles. The van der Waals surface area contributed by atoms with Gasteiger partial charge in [0.25, 0.3) is 0 Å². The van der Waals surface area contributed by atoms with Crippen LogP contribution >= 0.6 is 0 Å². The number of hydrogen-bond acceptors (Lipinski definition) is 7. The Morgan fingerprint density at radius 1 is 0.477 bits per heavy atom. The van der Waals surface area contributed by atoms with Crippen molar-refractivity contribution in [2.75, 3.05) is 52.6 Å². The first-order valence-corrected chi connectivity index (χ1v) is 24.5. The highest BCUT2D eigenvalue weighted by Crippen LogP contribution is 2.58. The standard InChI is InChI=1S/C58H81N3O4/c1-45(2)29-30-56(50-23-15-26-53(39-50)63-37-33-60-43-48-19-11-9-12-20-48)58(42-46(3)4,52-25-17-28-55(41-52)65-38-34-61-44-49-21-13-10-14-22-49)57(7,8)51-24-16-27-54(40-51)64-36-32-59-31-18-35-62-47(5)6/h9-17,19-28,39-41,45-47,56,59-61H,18,29-38,42-44H2,1-8H3. The van der Waals surface area contributed by atoms with Gasteiger partial charge in [0.1, 0.15) is 37.1 Å². The molecule has 2 atom stereocenters. The van der Waals surface area contributed by atoms with E-state index in [9.17, 15) is 0 Å². The van der Waals surface area contributed by atoms with Gasteiger partial charge >= 0.3 is 0 Å². The molecule has 7 heteroatoms. The third-order valence-corrected chi connectivity index (χ3v) is 12.6. The summed E-state index contributed by atoms with van der Waals surface area (Å²) in [5.41, 5.74) is 5.68. The van der Waals surface area contributed by atoms with Crippen LogP contribution in [-0.4, -0.2) is 58.7 Å². The molecule has 0 fully saturated rings. The summed E-state index contributed by atoms with van der Waals surface area (Å²) in [4.78, 5) is 0. The van der Waals surface area contributed by atoms with Crippen LogP contribution in [0.3, 0.4) is 0 Å². The fourth-order valence-corrected chi connectivity index (χ4v) is 9.29. The van der Waals surface area contributed by atoms with E-state index in [2.05, 4.69) is 205 Å². The van der Waals surface area contributed by atoms with Gasteiger partial charge in [-0.2, -0.15) is 0 Å². The van der Waals surface area contributed by atoms with Gasteiger partial charge in [0.2, 0.25) is 0 Å². The van der Waals surface area contributed by atoms with Crippen LogP contribution in [0.4, 0.5) is 0 Å². The maximum atomic E-state index is 6.59.